The number of carbonyl (C=O) groups excluding carboxylic acids is 1. The van der Waals surface area contributed by atoms with Crippen LogP contribution in [0.4, 0.5) is 45.5 Å². The smallest absolute Gasteiger partial charge is 0.296 e. The molecule has 0 bridgehead atoms. The van der Waals surface area contributed by atoms with Crippen LogP contribution in [-0.4, -0.2) is 55.3 Å². The number of nitrogens with one attached hydrogen (secondary N) is 1. The Kier molecular flexibility index (Phi) is 11.0. The summed E-state index contributed by atoms with van der Waals surface area (Å²) in [7, 11) is -14.8. The van der Waals surface area contributed by atoms with Gasteiger partial charge in [-0.05, 0) is 89.5 Å². The zero-order valence-electron chi connectivity index (χ0n) is 31.0. The summed E-state index contributed by atoms with van der Waals surface area (Å²) in [5.41, 5.74) is 14.3. The van der Waals surface area contributed by atoms with Gasteiger partial charge in [0.05, 0.1) is 43.8 Å². The molecule has 0 radical (unpaired) electrons. The number of azo groups is 2. The predicted molar refractivity (Wildman–Crippen MR) is 227 cm³/mol. The van der Waals surface area contributed by atoms with Crippen molar-refractivity contribution in [3.8, 4) is 11.1 Å². The summed E-state index contributed by atoms with van der Waals surface area (Å²) in [6, 6.07) is 25.7. The van der Waals surface area contributed by atoms with Gasteiger partial charge in [0.2, 0.25) is 5.78 Å². The van der Waals surface area contributed by atoms with E-state index in [0.717, 1.165) is 23.8 Å². The molecule has 0 amide bonds. The molecule has 1 aliphatic carbocycles. The van der Waals surface area contributed by atoms with E-state index < -0.39 is 79.1 Å². The average Bonchev–Trinajstić information content (AvgIpc) is 3.22. The number of nitrogens with two attached hydrogens (primary N) is 2. The number of nitrogens with zero attached hydrogens (tertiary/aromatic N) is 6. The number of carbonyl (C=O) groups is 1. The molecule has 314 valence electrons. The van der Waals surface area contributed by atoms with Crippen LogP contribution in [0.2, 0.25) is 0 Å². The van der Waals surface area contributed by atoms with E-state index in [0.29, 0.717) is 33.8 Å². The molecule has 6 aromatic rings. The van der Waals surface area contributed by atoms with E-state index in [1.807, 2.05) is 0 Å². The number of non-ortho nitro benzene ring substituents is 1. The van der Waals surface area contributed by atoms with Gasteiger partial charge in [0.1, 0.15) is 15.5 Å². The highest BCUT2D eigenvalue weighted by atomic mass is 32.2. The summed E-state index contributed by atoms with van der Waals surface area (Å²) in [4.78, 5) is 21.9. The van der Waals surface area contributed by atoms with Gasteiger partial charge < -0.3 is 11.5 Å². The van der Waals surface area contributed by atoms with E-state index >= 15 is 0 Å². The maximum Gasteiger partial charge on any atom is 0.296 e. The SMILES string of the molecule is Nc1c(N=Nc2ccc([N+](=O)[O-])cc2)c(S(=O)(=O)O)cc2c1C(=O)C(=NNc1ccc(-c3ccc(N=Nc4ccc(N)c5cc(S(=O)(=O)O)ccc45)cc3)cc1)C(S(=O)(=O)O)=C2. The molecule has 0 atom stereocenters. The Bertz CT molecular complexity index is 3340. The molecule has 8 N–H and O–H groups in total. The minimum Gasteiger partial charge on any atom is -0.398 e. The van der Waals surface area contributed by atoms with E-state index in [2.05, 4.69) is 31.0 Å². The molecule has 0 aromatic heterocycles. The second kappa shape index (κ2) is 16.1. The maximum atomic E-state index is 13.9. The van der Waals surface area contributed by atoms with Gasteiger partial charge in [0.15, 0.2) is 5.71 Å². The third-order valence-corrected chi connectivity index (χ3v) is 11.7. The van der Waals surface area contributed by atoms with Gasteiger partial charge in [-0.3, -0.25) is 34.0 Å². The number of ketones is 1. The standard InChI is InChI=1S/C38H27N9O12S3/c39-30-15-16-31(28-14-13-27(19-29(28)30)60(51,52)53)44-41-23-5-1-20(2-6-23)21-3-7-24(8-4-21)43-46-37-33(62(57,58)59)18-22-17-32(61(54,55)56)36(35(40)34(22)38(37)48)45-42-25-9-11-26(12-10-25)47(49)50/h1-19,43H,39-40H2,(H,51,52,53)(H,54,55,56)(H,57,58,59). The summed E-state index contributed by atoms with van der Waals surface area (Å²) in [5.74, 6) is -1.18. The number of nitro benzene ring substituents is 1. The van der Waals surface area contributed by atoms with E-state index in [4.69, 9.17) is 11.5 Å². The molecular formula is C38H27N9O12S3. The fourth-order valence-electron chi connectivity index (χ4n) is 6.12. The summed E-state index contributed by atoms with van der Waals surface area (Å²) in [6.45, 7) is 0. The van der Waals surface area contributed by atoms with Gasteiger partial charge in [-0.1, -0.05) is 30.3 Å². The molecule has 0 unspecified atom stereocenters. The van der Waals surface area contributed by atoms with E-state index in [1.165, 1.54) is 36.4 Å². The fraction of sp³-hybridized carbons (Fsp3) is 0. The van der Waals surface area contributed by atoms with Crippen molar-refractivity contribution in [2.75, 3.05) is 16.9 Å². The number of benzene rings is 6. The Balaban J connectivity index is 1.13. The zero-order valence-corrected chi connectivity index (χ0v) is 33.5. The normalized spacial score (nSPS) is 14.1. The monoisotopic (exact) mass is 897 g/mol. The number of nitro groups is 1. The van der Waals surface area contributed by atoms with Crippen LogP contribution in [0, 0.1) is 10.1 Å². The van der Waals surface area contributed by atoms with Crippen molar-refractivity contribution >= 4 is 104 Å². The highest BCUT2D eigenvalue weighted by Crippen LogP contribution is 2.41. The van der Waals surface area contributed by atoms with Crippen LogP contribution in [-0.2, 0) is 30.4 Å². The second-order valence-corrected chi connectivity index (χ2v) is 17.3. The first kappa shape index (κ1) is 42.5. The highest BCUT2D eigenvalue weighted by Gasteiger charge is 2.37. The minimum absolute atomic E-state index is 0.00117. The number of allylic oxidation sites excluding steroid dienone is 1. The first-order valence-electron chi connectivity index (χ1n) is 17.3. The third-order valence-electron chi connectivity index (χ3n) is 9.13. The number of hydrogen-bond donors (Lipinski definition) is 6. The first-order valence-corrected chi connectivity index (χ1v) is 21.6. The molecule has 6 aromatic carbocycles. The minimum atomic E-state index is -5.19. The first-order chi connectivity index (χ1) is 29.2. The quantitative estimate of drug-likeness (QED) is 0.0237. The second-order valence-electron chi connectivity index (χ2n) is 13.1. The van der Waals surface area contributed by atoms with Crippen LogP contribution in [0.1, 0.15) is 15.9 Å². The number of rotatable bonds is 11. The lowest BCUT2D eigenvalue weighted by Crippen LogP contribution is -2.28. The van der Waals surface area contributed by atoms with Crippen molar-refractivity contribution in [3.63, 3.8) is 0 Å². The Morgan fingerprint density at radius 3 is 1.82 bits per heavy atom. The Morgan fingerprint density at radius 1 is 0.645 bits per heavy atom. The van der Waals surface area contributed by atoms with Gasteiger partial charge in [-0.15, -0.1) is 10.2 Å². The van der Waals surface area contributed by atoms with Crippen LogP contribution in [0.25, 0.3) is 28.0 Å². The zero-order chi connectivity index (χ0) is 44.7. The Morgan fingerprint density at radius 2 is 1.24 bits per heavy atom. The van der Waals surface area contributed by atoms with E-state index in [-0.39, 0.29) is 27.6 Å². The molecule has 24 heteroatoms. The van der Waals surface area contributed by atoms with Crippen LogP contribution >= 0.6 is 0 Å². The van der Waals surface area contributed by atoms with Crippen LogP contribution in [0.3, 0.4) is 0 Å². The summed E-state index contributed by atoms with van der Waals surface area (Å²) in [5, 5.41) is 32.0. The molecule has 0 heterocycles. The molecule has 7 rings (SSSR count). The Labute approximate surface area is 350 Å². The molecule has 1 aliphatic rings. The number of nitrogen functional groups attached to an aromatic ring is 2. The number of hydrogen-bond acceptors (Lipinski definition) is 17. The van der Waals surface area contributed by atoms with Gasteiger partial charge in [-0.2, -0.15) is 40.6 Å². The number of Topliss-reactive ketones (excluding diaryl/α,β-unsaturated/α-hetero) is 1. The van der Waals surface area contributed by atoms with E-state index in [9.17, 15) is 53.8 Å². The molecule has 62 heavy (non-hydrogen) atoms. The maximum absolute atomic E-state index is 13.9. The van der Waals surface area contributed by atoms with Gasteiger partial charge in [0, 0.05) is 28.6 Å². The van der Waals surface area contributed by atoms with Crippen molar-refractivity contribution < 1.29 is 48.6 Å². The molecular weight excluding hydrogens is 871 g/mol. The van der Waals surface area contributed by atoms with Crippen LogP contribution in [0.5, 0.6) is 0 Å². The Hall–Kier alpha value is -7.61. The van der Waals surface area contributed by atoms with Crippen LogP contribution < -0.4 is 16.9 Å². The van der Waals surface area contributed by atoms with Gasteiger partial charge >= 0.3 is 0 Å². The summed E-state index contributed by atoms with van der Waals surface area (Å²) in [6.07, 6.45) is 0.737. The van der Waals surface area contributed by atoms with Crippen LogP contribution in [0.15, 0.2) is 149 Å². The van der Waals surface area contributed by atoms with Crippen molar-refractivity contribution in [1.29, 1.82) is 0 Å². The van der Waals surface area contributed by atoms with E-state index in [1.54, 1.807) is 54.6 Å². The van der Waals surface area contributed by atoms with Crippen molar-refractivity contribution in [1.82, 2.24) is 0 Å². The predicted octanol–water partition coefficient (Wildman–Crippen LogP) is 7.80. The number of hydrazone groups is 1. The third kappa shape index (κ3) is 8.80. The van der Waals surface area contributed by atoms with Gasteiger partial charge in [-0.25, -0.2) is 0 Å². The van der Waals surface area contributed by atoms with Crippen molar-refractivity contribution in [2.45, 2.75) is 9.79 Å². The van der Waals surface area contributed by atoms with Gasteiger partial charge in [0.25, 0.3) is 36.0 Å². The number of fused-ring (bicyclic) bond motifs is 2. The molecule has 0 spiro atoms. The molecule has 0 saturated heterocycles. The average molecular weight is 898 g/mol. The lowest BCUT2D eigenvalue weighted by molar-refractivity contribution is -0.384. The molecule has 21 nitrogen and oxygen atoms in total. The highest BCUT2D eigenvalue weighted by molar-refractivity contribution is 7.91. The topological polar surface area (TPSA) is 349 Å². The lowest BCUT2D eigenvalue weighted by Gasteiger charge is -2.20. The molecule has 0 saturated carbocycles. The molecule has 0 fully saturated rings. The van der Waals surface area contributed by atoms with Crippen molar-refractivity contribution in [3.05, 3.63) is 135 Å². The number of anilines is 3. The summed E-state index contributed by atoms with van der Waals surface area (Å²) < 4.78 is 102. The van der Waals surface area contributed by atoms with Crippen molar-refractivity contribution in [2.24, 2.45) is 25.6 Å². The largest absolute Gasteiger partial charge is 0.398 e. The fourth-order valence-corrected chi connectivity index (χ4v) is 7.95. The lowest BCUT2D eigenvalue weighted by atomic mass is 9.92. The molecule has 0 aliphatic heterocycles. The summed E-state index contributed by atoms with van der Waals surface area (Å²) >= 11 is 0.